The van der Waals surface area contributed by atoms with Crippen molar-refractivity contribution in [2.24, 2.45) is 0 Å². The maximum absolute atomic E-state index is 8.96. The largest absolute Gasteiger partial charge is 0.396 e. The summed E-state index contributed by atoms with van der Waals surface area (Å²) in [7, 11) is 1.95. The Kier molecular flexibility index (Phi) is 5.05. The molecule has 2 N–H and O–H groups in total. The molecule has 0 amide bonds. The van der Waals surface area contributed by atoms with E-state index in [-0.39, 0.29) is 6.61 Å². The van der Waals surface area contributed by atoms with E-state index in [1.807, 2.05) is 18.8 Å². The molecule has 0 aliphatic carbocycles. The fourth-order valence-electron chi connectivity index (χ4n) is 1.92. The van der Waals surface area contributed by atoms with Gasteiger partial charge in [-0.25, -0.2) is 0 Å². The van der Waals surface area contributed by atoms with E-state index in [1.165, 1.54) is 15.7 Å². The Hall–Kier alpha value is -1.03. The molecule has 0 aliphatic heterocycles. The van der Waals surface area contributed by atoms with Gasteiger partial charge in [0.1, 0.15) is 0 Å². The fraction of sp³-hybridized carbons (Fsp3) is 0.333. The Labute approximate surface area is 112 Å². The van der Waals surface area contributed by atoms with E-state index in [0.717, 1.165) is 12.2 Å². The predicted octanol–water partition coefficient (Wildman–Crippen LogP) is 2.90. The minimum Gasteiger partial charge on any atom is -0.396 e. The monoisotopic (exact) mass is 261 g/mol. The molecule has 0 aromatic heterocycles. The Balaban J connectivity index is 2.03. The van der Waals surface area contributed by atoms with E-state index in [1.54, 1.807) is 0 Å². The maximum Gasteiger partial charge on any atom is 0.0446 e. The number of aliphatic hydroxyl groups excluding tert-OH is 1. The molecular weight excluding hydrogens is 242 g/mol. The molecule has 2 aromatic carbocycles. The lowest BCUT2D eigenvalue weighted by Gasteiger charge is -2.14. The van der Waals surface area contributed by atoms with E-state index < -0.39 is 0 Å². The molecule has 2 aromatic rings. The van der Waals surface area contributed by atoms with Gasteiger partial charge in [-0.3, -0.25) is 0 Å². The Morgan fingerprint density at radius 2 is 1.94 bits per heavy atom. The molecule has 0 saturated carbocycles. The maximum atomic E-state index is 8.96. The average Bonchev–Trinajstić information content (AvgIpc) is 2.43. The quantitative estimate of drug-likeness (QED) is 0.784. The summed E-state index contributed by atoms with van der Waals surface area (Å²) in [6.07, 6.45) is 0.803. The summed E-state index contributed by atoms with van der Waals surface area (Å²) < 4.78 is 0. The van der Waals surface area contributed by atoms with Gasteiger partial charge in [-0.2, -0.15) is 0 Å². The SMILES string of the molecule is CNC(CCO)CSc1ccc2ccccc2c1. The van der Waals surface area contributed by atoms with Crippen LogP contribution in [0.4, 0.5) is 0 Å². The molecule has 0 fully saturated rings. The van der Waals surface area contributed by atoms with Crippen molar-refractivity contribution < 1.29 is 5.11 Å². The van der Waals surface area contributed by atoms with E-state index in [2.05, 4.69) is 47.8 Å². The van der Waals surface area contributed by atoms with Crippen LogP contribution in [0.2, 0.25) is 0 Å². The van der Waals surface area contributed by atoms with Crippen LogP contribution in [0.15, 0.2) is 47.4 Å². The summed E-state index contributed by atoms with van der Waals surface area (Å²) in [6, 6.07) is 15.3. The number of thioether (sulfide) groups is 1. The van der Waals surface area contributed by atoms with Gasteiger partial charge in [-0.1, -0.05) is 30.3 Å². The van der Waals surface area contributed by atoms with Crippen LogP contribution in [0, 0.1) is 0 Å². The first-order valence-corrected chi connectivity index (χ1v) is 7.22. The van der Waals surface area contributed by atoms with E-state index in [0.29, 0.717) is 6.04 Å². The van der Waals surface area contributed by atoms with Gasteiger partial charge < -0.3 is 10.4 Å². The van der Waals surface area contributed by atoms with Gasteiger partial charge in [-0.05, 0) is 36.4 Å². The van der Waals surface area contributed by atoms with Crippen molar-refractivity contribution in [3.8, 4) is 0 Å². The standard InChI is InChI=1S/C15H19NOS/c1-16-14(8-9-17)11-18-15-7-6-12-4-2-3-5-13(12)10-15/h2-7,10,14,16-17H,8-9,11H2,1H3. The lowest BCUT2D eigenvalue weighted by Crippen LogP contribution is -2.28. The number of hydrogen-bond donors (Lipinski definition) is 2. The van der Waals surface area contributed by atoms with Gasteiger partial charge in [0, 0.05) is 23.3 Å². The number of fused-ring (bicyclic) bond motifs is 1. The summed E-state index contributed by atoms with van der Waals surface area (Å²) in [5.74, 6) is 0.982. The highest BCUT2D eigenvalue weighted by Crippen LogP contribution is 2.24. The van der Waals surface area contributed by atoms with Crippen LogP contribution in [0.3, 0.4) is 0 Å². The highest BCUT2D eigenvalue weighted by Gasteiger charge is 2.06. The number of rotatable bonds is 6. The molecule has 0 bridgehead atoms. The number of hydrogen-bond acceptors (Lipinski definition) is 3. The van der Waals surface area contributed by atoms with Crippen molar-refractivity contribution in [2.75, 3.05) is 19.4 Å². The molecular formula is C15H19NOS. The minimum atomic E-state index is 0.240. The van der Waals surface area contributed by atoms with Gasteiger partial charge in [0.05, 0.1) is 0 Å². The van der Waals surface area contributed by atoms with Crippen LogP contribution in [-0.2, 0) is 0 Å². The van der Waals surface area contributed by atoms with Crippen molar-refractivity contribution in [1.29, 1.82) is 0 Å². The number of benzene rings is 2. The first kappa shape index (κ1) is 13.4. The average molecular weight is 261 g/mol. The third kappa shape index (κ3) is 3.48. The number of aliphatic hydroxyl groups is 1. The molecule has 18 heavy (non-hydrogen) atoms. The van der Waals surface area contributed by atoms with E-state index >= 15 is 0 Å². The molecule has 1 atom stereocenters. The van der Waals surface area contributed by atoms with Crippen LogP contribution >= 0.6 is 11.8 Å². The first-order valence-electron chi connectivity index (χ1n) is 6.23. The molecule has 1 unspecified atom stereocenters. The lowest BCUT2D eigenvalue weighted by atomic mass is 10.1. The summed E-state index contributed by atoms with van der Waals surface area (Å²) >= 11 is 1.83. The predicted molar refractivity (Wildman–Crippen MR) is 79.2 cm³/mol. The van der Waals surface area contributed by atoms with Crippen molar-refractivity contribution >= 4 is 22.5 Å². The van der Waals surface area contributed by atoms with Crippen LogP contribution in [0.5, 0.6) is 0 Å². The summed E-state index contributed by atoms with van der Waals surface area (Å²) in [5.41, 5.74) is 0. The summed E-state index contributed by atoms with van der Waals surface area (Å²) in [5, 5.41) is 14.7. The van der Waals surface area contributed by atoms with Crippen LogP contribution in [-0.4, -0.2) is 30.6 Å². The van der Waals surface area contributed by atoms with Crippen molar-refractivity contribution in [3.63, 3.8) is 0 Å². The zero-order chi connectivity index (χ0) is 12.8. The smallest absolute Gasteiger partial charge is 0.0446 e. The highest BCUT2D eigenvalue weighted by molar-refractivity contribution is 7.99. The van der Waals surface area contributed by atoms with E-state index in [9.17, 15) is 0 Å². The number of nitrogens with one attached hydrogen (secondary N) is 1. The molecule has 2 rings (SSSR count). The molecule has 0 saturated heterocycles. The molecule has 0 radical (unpaired) electrons. The second kappa shape index (κ2) is 6.78. The molecule has 0 aliphatic rings. The zero-order valence-corrected chi connectivity index (χ0v) is 11.4. The topological polar surface area (TPSA) is 32.3 Å². The normalized spacial score (nSPS) is 12.8. The van der Waals surface area contributed by atoms with Crippen LogP contribution in [0.1, 0.15) is 6.42 Å². The molecule has 0 spiro atoms. The second-order valence-corrected chi connectivity index (χ2v) is 5.41. The first-order chi connectivity index (χ1) is 8.83. The van der Waals surface area contributed by atoms with E-state index in [4.69, 9.17) is 5.11 Å². The van der Waals surface area contributed by atoms with Gasteiger partial charge in [-0.15, -0.1) is 11.8 Å². The Morgan fingerprint density at radius 3 is 2.67 bits per heavy atom. The molecule has 2 nitrogen and oxygen atoms in total. The Bertz CT molecular complexity index is 501. The van der Waals surface area contributed by atoms with Gasteiger partial charge in [0.15, 0.2) is 0 Å². The Morgan fingerprint density at radius 1 is 1.17 bits per heavy atom. The van der Waals surface area contributed by atoms with Gasteiger partial charge >= 0.3 is 0 Å². The summed E-state index contributed by atoms with van der Waals surface area (Å²) in [6.45, 7) is 0.240. The molecule has 3 heteroatoms. The highest BCUT2D eigenvalue weighted by atomic mass is 32.2. The van der Waals surface area contributed by atoms with Crippen molar-refractivity contribution in [2.45, 2.75) is 17.4 Å². The molecule has 96 valence electrons. The minimum absolute atomic E-state index is 0.240. The summed E-state index contributed by atoms with van der Waals surface area (Å²) in [4.78, 5) is 1.28. The van der Waals surface area contributed by atoms with Gasteiger partial charge in [0.2, 0.25) is 0 Å². The van der Waals surface area contributed by atoms with Crippen LogP contribution < -0.4 is 5.32 Å². The third-order valence-electron chi connectivity index (χ3n) is 3.06. The van der Waals surface area contributed by atoms with Gasteiger partial charge in [0.25, 0.3) is 0 Å². The zero-order valence-electron chi connectivity index (χ0n) is 10.6. The van der Waals surface area contributed by atoms with Crippen molar-refractivity contribution in [1.82, 2.24) is 5.32 Å². The fourth-order valence-corrected chi connectivity index (χ4v) is 3.02. The lowest BCUT2D eigenvalue weighted by molar-refractivity contribution is 0.273. The molecule has 0 heterocycles. The van der Waals surface area contributed by atoms with Crippen LogP contribution in [0.25, 0.3) is 10.8 Å². The second-order valence-electron chi connectivity index (χ2n) is 4.32. The third-order valence-corrected chi connectivity index (χ3v) is 4.21. The van der Waals surface area contributed by atoms with Crippen molar-refractivity contribution in [3.05, 3.63) is 42.5 Å².